The standard InChI is InChI=1S/C16H23N3O3.ClH/c1-18(11-13-7-3-5-9-15(13)19(21)22)16(20)10-12-6-2-4-8-14(12)17;/h3,5,7,9,12,14H,2,4,6,8,10-11,17H2,1H3;1H. The molecule has 2 N–H and O–H groups in total. The van der Waals surface area contributed by atoms with Crippen LogP contribution in [0.5, 0.6) is 0 Å². The summed E-state index contributed by atoms with van der Waals surface area (Å²) in [5, 5.41) is 11.0. The summed E-state index contributed by atoms with van der Waals surface area (Å²) in [6.45, 7) is 0.248. The predicted octanol–water partition coefficient (Wildman–Crippen LogP) is 2.88. The Balaban J connectivity index is 0.00000264. The monoisotopic (exact) mass is 341 g/mol. The van der Waals surface area contributed by atoms with Gasteiger partial charge >= 0.3 is 0 Å². The van der Waals surface area contributed by atoms with Gasteiger partial charge in [0, 0.05) is 31.1 Å². The van der Waals surface area contributed by atoms with Crippen LogP contribution in [-0.2, 0) is 11.3 Å². The number of rotatable bonds is 5. The number of carbonyl (C=O) groups excluding carboxylic acids is 1. The van der Waals surface area contributed by atoms with E-state index in [4.69, 9.17) is 5.73 Å². The van der Waals surface area contributed by atoms with Crippen molar-refractivity contribution in [2.45, 2.75) is 44.7 Å². The van der Waals surface area contributed by atoms with E-state index < -0.39 is 4.92 Å². The summed E-state index contributed by atoms with van der Waals surface area (Å²) >= 11 is 0. The minimum Gasteiger partial charge on any atom is -0.341 e. The molecule has 0 spiro atoms. The topological polar surface area (TPSA) is 89.5 Å². The third-order valence-corrected chi connectivity index (χ3v) is 4.43. The number of hydrogen-bond donors (Lipinski definition) is 1. The van der Waals surface area contributed by atoms with Crippen molar-refractivity contribution in [1.82, 2.24) is 4.90 Å². The summed E-state index contributed by atoms with van der Waals surface area (Å²) < 4.78 is 0. The van der Waals surface area contributed by atoms with Crippen LogP contribution in [0.2, 0.25) is 0 Å². The third-order valence-electron chi connectivity index (χ3n) is 4.43. The molecule has 0 saturated heterocycles. The van der Waals surface area contributed by atoms with Crippen molar-refractivity contribution >= 4 is 24.0 Å². The number of nitro groups is 1. The second-order valence-electron chi connectivity index (χ2n) is 6.05. The molecule has 1 aromatic rings. The lowest BCUT2D eigenvalue weighted by molar-refractivity contribution is -0.385. The summed E-state index contributed by atoms with van der Waals surface area (Å²) in [6, 6.07) is 6.62. The highest BCUT2D eigenvalue weighted by Gasteiger charge is 2.26. The molecule has 2 rings (SSSR count). The number of nitrogens with two attached hydrogens (primary N) is 1. The fraction of sp³-hybridized carbons (Fsp3) is 0.562. The summed E-state index contributed by atoms with van der Waals surface area (Å²) in [7, 11) is 1.69. The first-order valence-corrected chi connectivity index (χ1v) is 7.71. The number of halogens is 1. The van der Waals surface area contributed by atoms with Gasteiger partial charge < -0.3 is 10.6 Å². The van der Waals surface area contributed by atoms with Gasteiger partial charge in [-0.2, -0.15) is 0 Å². The number of carbonyl (C=O) groups is 1. The summed E-state index contributed by atoms with van der Waals surface area (Å²) in [5.41, 5.74) is 6.69. The second kappa shape index (κ2) is 8.84. The van der Waals surface area contributed by atoms with Crippen molar-refractivity contribution in [3.05, 3.63) is 39.9 Å². The lowest BCUT2D eigenvalue weighted by Gasteiger charge is -2.29. The molecule has 2 atom stereocenters. The Labute approximate surface area is 142 Å². The van der Waals surface area contributed by atoms with Crippen LogP contribution in [0.15, 0.2) is 24.3 Å². The highest BCUT2D eigenvalue weighted by molar-refractivity contribution is 5.85. The maximum absolute atomic E-state index is 12.3. The summed E-state index contributed by atoms with van der Waals surface area (Å²) in [6.07, 6.45) is 4.66. The van der Waals surface area contributed by atoms with Crippen molar-refractivity contribution in [2.24, 2.45) is 11.7 Å². The van der Waals surface area contributed by atoms with Crippen LogP contribution in [0.3, 0.4) is 0 Å². The molecule has 2 unspecified atom stereocenters. The Hall–Kier alpha value is -1.66. The minimum absolute atomic E-state index is 0. The zero-order valence-electron chi connectivity index (χ0n) is 13.3. The highest BCUT2D eigenvalue weighted by atomic mass is 35.5. The lowest BCUT2D eigenvalue weighted by atomic mass is 9.83. The third kappa shape index (κ3) is 5.18. The molecule has 1 amide bonds. The highest BCUT2D eigenvalue weighted by Crippen LogP contribution is 2.26. The average Bonchev–Trinajstić information content (AvgIpc) is 2.49. The SMILES string of the molecule is CN(Cc1ccccc1[N+](=O)[O-])C(=O)CC1CCCCC1N.Cl. The summed E-state index contributed by atoms with van der Waals surface area (Å²) in [4.78, 5) is 24.5. The first-order chi connectivity index (χ1) is 10.5. The van der Waals surface area contributed by atoms with E-state index in [2.05, 4.69) is 0 Å². The van der Waals surface area contributed by atoms with Crippen LogP contribution < -0.4 is 5.73 Å². The van der Waals surface area contributed by atoms with Crippen LogP contribution >= 0.6 is 12.4 Å². The van der Waals surface area contributed by atoms with Crippen molar-refractivity contribution < 1.29 is 9.72 Å². The van der Waals surface area contributed by atoms with E-state index in [-0.39, 0.29) is 42.5 Å². The van der Waals surface area contributed by atoms with Crippen LogP contribution in [0.25, 0.3) is 0 Å². The molecular weight excluding hydrogens is 318 g/mol. The Morgan fingerprint density at radius 1 is 1.35 bits per heavy atom. The number of para-hydroxylation sites is 1. The van der Waals surface area contributed by atoms with Gasteiger partial charge in [-0.25, -0.2) is 0 Å². The van der Waals surface area contributed by atoms with Gasteiger partial charge in [0.05, 0.1) is 11.5 Å². The van der Waals surface area contributed by atoms with Crippen molar-refractivity contribution in [1.29, 1.82) is 0 Å². The molecule has 0 radical (unpaired) electrons. The quantitative estimate of drug-likeness (QED) is 0.658. The van der Waals surface area contributed by atoms with Crippen LogP contribution in [0, 0.1) is 16.0 Å². The largest absolute Gasteiger partial charge is 0.341 e. The lowest BCUT2D eigenvalue weighted by Crippen LogP contribution is -2.37. The van der Waals surface area contributed by atoms with Gasteiger partial charge in [-0.05, 0) is 18.8 Å². The van der Waals surface area contributed by atoms with Gasteiger partial charge in [-0.15, -0.1) is 12.4 Å². The van der Waals surface area contributed by atoms with E-state index in [0.29, 0.717) is 12.0 Å². The van der Waals surface area contributed by atoms with Gasteiger partial charge in [-0.3, -0.25) is 14.9 Å². The van der Waals surface area contributed by atoms with Crippen molar-refractivity contribution in [2.75, 3.05) is 7.05 Å². The van der Waals surface area contributed by atoms with Gasteiger partial charge in [-0.1, -0.05) is 31.0 Å². The molecule has 0 aromatic heterocycles. The average molecular weight is 342 g/mol. The first kappa shape index (κ1) is 19.4. The van der Waals surface area contributed by atoms with Crippen LogP contribution in [0.1, 0.15) is 37.7 Å². The zero-order chi connectivity index (χ0) is 16.1. The predicted molar refractivity (Wildman–Crippen MR) is 91.4 cm³/mol. The van der Waals surface area contributed by atoms with E-state index in [1.165, 1.54) is 6.07 Å². The maximum atomic E-state index is 12.3. The molecule has 0 aliphatic heterocycles. The Bertz CT molecular complexity index is 553. The zero-order valence-corrected chi connectivity index (χ0v) is 14.1. The van der Waals surface area contributed by atoms with Gasteiger partial charge in [0.15, 0.2) is 0 Å². The normalized spacial score (nSPS) is 20.4. The summed E-state index contributed by atoms with van der Waals surface area (Å²) in [5.74, 6) is 0.231. The maximum Gasteiger partial charge on any atom is 0.274 e. The second-order valence-corrected chi connectivity index (χ2v) is 6.05. The number of benzene rings is 1. The first-order valence-electron chi connectivity index (χ1n) is 7.71. The molecule has 1 saturated carbocycles. The number of hydrogen-bond acceptors (Lipinski definition) is 4. The fourth-order valence-corrected chi connectivity index (χ4v) is 3.04. The van der Waals surface area contributed by atoms with Crippen LogP contribution in [-0.4, -0.2) is 28.8 Å². The van der Waals surface area contributed by atoms with Crippen molar-refractivity contribution in [3.8, 4) is 0 Å². The van der Waals surface area contributed by atoms with Gasteiger partial charge in [0.1, 0.15) is 0 Å². The number of nitro benzene ring substituents is 1. The Kier molecular flexibility index (Phi) is 7.45. The molecule has 6 nitrogen and oxygen atoms in total. The van der Waals surface area contributed by atoms with E-state index >= 15 is 0 Å². The molecule has 23 heavy (non-hydrogen) atoms. The van der Waals surface area contributed by atoms with E-state index in [0.717, 1.165) is 25.7 Å². The van der Waals surface area contributed by atoms with E-state index in [9.17, 15) is 14.9 Å². The molecule has 1 fully saturated rings. The van der Waals surface area contributed by atoms with Crippen molar-refractivity contribution in [3.63, 3.8) is 0 Å². The molecule has 1 aliphatic carbocycles. The number of nitrogens with zero attached hydrogens (tertiary/aromatic N) is 2. The molecule has 1 aliphatic rings. The molecule has 7 heteroatoms. The van der Waals surface area contributed by atoms with Gasteiger partial charge in [0.2, 0.25) is 5.91 Å². The minimum atomic E-state index is -0.412. The number of amides is 1. The Morgan fingerprint density at radius 2 is 2.00 bits per heavy atom. The fourth-order valence-electron chi connectivity index (χ4n) is 3.04. The molecule has 0 heterocycles. The smallest absolute Gasteiger partial charge is 0.274 e. The van der Waals surface area contributed by atoms with E-state index in [1.54, 1.807) is 30.1 Å². The van der Waals surface area contributed by atoms with Crippen LogP contribution in [0.4, 0.5) is 5.69 Å². The molecule has 128 valence electrons. The molecule has 0 bridgehead atoms. The molecular formula is C16H24ClN3O3. The Morgan fingerprint density at radius 3 is 2.65 bits per heavy atom. The van der Waals surface area contributed by atoms with E-state index in [1.807, 2.05) is 0 Å². The van der Waals surface area contributed by atoms with Gasteiger partial charge in [0.25, 0.3) is 5.69 Å². The molecule has 1 aromatic carbocycles.